The Balaban J connectivity index is 1.11. The highest BCUT2D eigenvalue weighted by Gasteiger charge is 2.32. The molecule has 3 aliphatic rings. The highest BCUT2D eigenvalue weighted by Crippen LogP contribution is 2.32. The number of hydrogen-bond acceptors (Lipinski definition) is 9. The summed E-state index contributed by atoms with van der Waals surface area (Å²) in [5, 5.41) is 20.8. The molecule has 1 aromatic carbocycles. The lowest BCUT2D eigenvalue weighted by Crippen LogP contribution is -2.51. The second-order valence-electron chi connectivity index (χ2n) is 8.86. The predicted octanol–water partition coefficient (Wildman–Crippen LogP) is 2.14. The summed E-state index contributed by atoms with van der Waals surface area (Å²) in [7, 11) is 0. The zero-order valence-electron chi connectivity index (χ0n) is 18.8. The van der Waals surface area contributed by atoms with Crippen LogP contribution in [0.4, 0.5) is 21.6 Å². The fourth-order valence-electron chi connectivity index (χ4n) is 4.84. The number of non-ortho nitro benzene ring substituents is 1. The van der Waals surface area contributed by atoms with E-state index in [1.807, 2.05) is 4.90 Å². The van der Waals surface area contributed by atoms with Crippen molar-refractivity contribution in [3.63, 3.8) is 0 Å². The van der Waals surface area contributed by atoms with Crippen LogP contribution >= 0.6 is 11.3 Å². The van der Waals surface area contributed by atoms with Crippen molar-refractivity contribution in [2.45, 2.75) is 25.7 Å². The molecule has 3 fully saturated rings. The third-order valence-corrected chi connectivity index (χ3v) is 7.85. The Labute approximate surface area is 201 Å². The number of rotatable bonds is 5. The summed E-state index contributed by atoms with van der Waals surface area (Å²) in [6.07, 6.45) is 2.99. The van der Waals surface area contributed by atoms with Gasteiger partial charge < -0.3 is 14.7 Å². The molecular formula is C22H27N7O4S. The monoisotopic (exact) mass is 485 g/mol. The Morgan fingerprint density at radius 3 is 2.24 bits per heavy atom. The van der Waals surface area contributed by atoms with Crippen LogP contribution < -0.4 is 14.7 Å². The number of amides is 2. The zero-order chi connectivity index (χ0) is 23.7. The lowest BCUT2D eigenvalue weighted by atomic mass is 9.95. The molecule has 11 nitrogen and oxygen atoms in total. The topological polar surface area (TPSA) is 116 Å². The SMILES string of the molecule is O=C(C1CCN(c2nnc(N3CCCC3=O)s2)CC1)N1CCN(c2ccc([N+](=O)[O-])cc2)CC1. The number of nitro groups is 1. The highest BCUT2D eigenvalue weighted by atomic mass is 32.1. The van der Waals surface area contributed by atoms with Crippen LogP contribution in [0, 0.1) is 16.0 Å². The first-order valence-corrected chi connectivity index (χ1v) is 12.5. The van der Waals surface area contributed by atoms with Crippen LogP contribution in [0.5, 0.6) is 0 Å². The van der Waals surface area contributed by atoms with Gasteiger partial charge in [-0.2, -0.15) is 0 Å². The van der Waals surface area contributed by atoms with E-state index >= 15 is 0 Å². The number of benzene rings is 1. The molecule has 0 atom stereocenters. The Bertz CT molecular complexity index is 1060. The molecule has 1 aromatic heterocycles. The Kier molecular flexibility index (Phi) is 6.31. The molecule has 3 aliphatic heterocycles. The average Bonchev–Trinajstić information content (AvgIpc) is 3.53. The molecule has 34 heavy (non-hydrogen) atoms. The van der Waals surface area contributed by atoms with E-state index in [0.717, 1.165) is 43.2 Å². The number of anilines is 3. The van der Waals surface area contributed by atoms with E-state index in [1.54, 1.807) is 17.0 Å². The number of aromatic nitrogens is 2. The summed E-state index contributed by atoms with van der Waals surface area (Å²) >= 11 is 1.45. The quantitative estimate of drug-likeness (QED) is 0.467. The van der Waals surface area contributed by atoms with Gasteiger partial charge in [0.25, 0.3) is 5.69 Å². The predicted molar refractivity (Wildman–Crippen MR) is 128 cm³/mol. The van der Waals surface area contributed by atoms with Gasteiger partial charge in [-0.3, -0.25) is 24.6 Å². The fraction of sp³-hybridized carbons (Fsp3) is 0.545. The van der Waals surface area contributed by atoms with Crippen LogP contribution in [-0.2, 0) is 9.59 Å². The number of piperidine rings is 1. The van der Waals surface area contributed by atoms with Crippen molar-refractivity contribution in [3.8, 4) is 0 Å². The summed E-state index contributed by atoms with van der Waals surface area (Å²) in [5.41, 5.74) is 1.02. The largest absolute Gasteiger partial charge is 0.368 e. The molecule has 0 saturated carbocycles. The van der Waals surface area contributed by atoms with Crippen LogP contribution in [0.1, 0.15) is 25.7 Å². The normalized spacial score (nSPS) is 19.7. The molecule has 0 bridgehead atoms. The third-order valence-electron chi connectivity index (χ3n) is 6.84. The molecule has 0 unspecified atom stereocenters. The maximum atomic E-state index is 13.1. The molecule has 180 valence electrons. The van der Waals surface area contributed by atoms with Crippen molar-refractivity contribution in [2.24, 2.45) is 5.92 Å². The van der Waals surface area contributed by atoms with E-state index in [2.05, 4.69) is 20.0 Å². The second kappa shape index (κ2) is 9.53. The molecule has 4 heterocycles. The van der Waals surface area contributed by atoms with E-state index in [1.165, 1.54) is 23.5 Å². The van der Waals surface area contributed by atoms with E-state index in [9.17, 15) is 19.7 Å². The second-order valence-corrected chi connectivity index (χ2v) is 9.80. The average molecular weight is 486 g/mol. The van der Waals surface area contributed by atoms with Gasteiger partial charge in [0.05, 0.1) is 4.92 Å². The molecule has 0 radical (unpaired) electrons. The number of piperazine rings is 1. The first-order chi connectivity index (χ1) is 16.5. The minimum Gasteiger partial charge on any atom is -0.368 e. The maximum Gasteiger partial charge on any atom is 0.269 e. The van der Waals surface area contributed by atoms with Gasteiger partial charge in [0.15, 0.2) is 0 Å². The van der Waals surface area contributed by atoms with Crippen molar-refractivity contribution in [3.05, 3.63) is 34.4 Å². The van der Waals surface area contributed by atoms with Crippen LogP contribution in [-0.4, -0.2) is 77.6 Å². The van der Waals surface area contributed by atoms with Gasteiger partial charge in [0, 0.05) is 76.0 Å². The van der Waals surface area contributed by atoms with Crippen molar-refractivity contribution in [1.82, 2.24) is 15.1 Å². The smallest absolute Gasteiger partial charge is 0.269 e. The number of hydrogen-bond donors (Lipinski definition) is 0. The van der Waals surface area contributed by atoms with Gasteiger partial charge in [0.2, 0.25) is 22.1 Å². The van der Waals surface area contributed by atoms with Gasteiger partial charge >= 0.3 is 0 Å². The highest BCUT2D eigenvalue weighted by molar-refractivity contribution is 7.19. The minimum atomic E-state index is -0.399. The lowest BCUT2D eigenvalue weighted by Gasteiger charge is -2.39. The lowest BCUT2D eigenvalue weighted by molar-refractivity contribution is -0.384. The van der Waals surface area contributed by atoms with Gasteiger partial charge in [0.1, 0.15) is 0 Å². The molecular weight excluding hydrogens is 458 g/mol. The Morgan fingerprint density at radius 2 is 1.62 bits per heavy atom. The van der Waals surface area contributed by atoms with Gasteiger partial charge in [-0.1, -0.05) is 11.3 Å². The van der Waals surface area contributed by atoms with E-state index in [0.29, 0.717) is 44.3 Å². The van der Waals surface area contributed by atoms with Crippen LogP contribution in [0.25, 0.3) is 0 Å². The zero-order valence-corrected chi connectivity index (χ0v) is 19.7. The molecule has 0 spiro atoms. The summed E-state index contributed by atoms with van der Waals surface area (Å²) in [4.78, 5) is 43.5. The summed E-state index contributed by atoms with van der Waals surface area (Å²) in [5.74, 6) is 0.332. The van der Waals surface area contributed by atoms with Crippen LogP contribution in [0.3, 0.4) is 0 Å². The fourth-order valence-corrected chi connectivity index (χ4v) is 5.78. The first-order valence-electron chi connectivity index (χ1n) is 11.7. The molecule has 0 aliphatic carbocycles. The standard InChI is InChI=1S/C22H27N7O4S/c30-19-2-1-9-28(19)22-24-23-21(34-22)27-10-7-16(8-11-27)20(31)26-14-12-25(13-15-26)17-3-5-18(6-4-17)29(32)33/h3-6,16H,1-2,7-15H2. The van der Waals surface area contributed by atoms with Crippen molar-refractivity contribution in [2.75, 3.05) is 60.5 Å². The Hall–Kier alpha value is -3.28. The van der Waals surface area contributed by atoms with Crippen LogP contribution in [0.2, 0.25) is 0 Å². The first kappa shape index (κ1) is 22.5. The number of carbonyl (C=O) groups excluding carboxylic acids is 2. The summed E-state index contributed by atoms with van der Waals surface area (Å²) in [6.45, 7) is 4.95. The molecule has 12 heteroatoms. The van der Waals surface area contributed by atoms with E-state index < -0.39 is 4.92 Å². The summed E-state index contributed by atoms with van der Waals surface area (Å²) in [6, 6.07) is 6.57. The Morgan fingerprint density at radius 1 is 0.941 bits per heavy atom. The van der Waals surface area contributed by atoms with Crippen molar-refractivity contribution < 1.29 is 14.5 Å². The number of carbonyl (C=O) groups is 2. The van der Waals surface area contributed by atoms with Crippen molar-refractivity contribution in [1.29, 1.82) is 0 Å². The molecule has 3 saturated heterocycles. The molecule has 5 rings (SSSR count). The van der Waals surface area contributed by atoms with E-state index in [4.69, 9.17) is 0 Å². The molecule has 2 amide bonds. The number of nitro benzene ring substituents is 1. The number of nitrogens with zero attached hydrogens (tertiary/aromatic N) is 7. The van der Waals surface area contributed by atoms with E-state index in [-0.39, 0.29) is 23.4 Å². The van der Waals surface area contributed by atoms with Gasteiger partial charge in [-0.25, -0.2) is 0 Å². The third kappa shape index (κ3) is 4.54. The molecule has 2 aromatic rings. The molecule has 0 N–H and O–H groups in total. The van der Waals surface area contributed by atoms with Gasteiger partial charge in [-0.05, 0) is 31.4 Å². The van der Waals surface area contributed by atoms with Crippen molar-refractivity contribution >= 4 is 44.8 Å². The maximum absolute atomic E-state index is 13.1. The van der Waals surface area contributed by atoms with Gasteiger partial charge in [-0.15, -0.1) is 10.2 Å². The van der Waals surface area contributed by atoms with Crippen LogP contribution in [0.15, 0.2) is 24.3 Å². The summed E-state index contributed by atoms with van der Waals surface area (Å²) < 4.78 is 0. The minimum absolute atomic E-state index is 0.00901.